The van der Waals surface area contributed by atoms with Crippen LogP contribution in [0.4, 0.5) is 0 Å². The molecule has 0 radical (unpaired) electrons. The average molecular weight is 306 g/mol. The van der Waals surface area contributed by atoms with Gasteiger partial charge in [-0.3, -0.25) is 0 Å². The molecule has 2 aromatic carbocycles. The van der Waals surface area contributed by atoms with Crippen LogP contribution in [-0.4, -0.2) is 13.5 Å². The first-order valence-electron chi connectivity index (χ1n) is 6.50. The highest BCUT2D eigenvalue weighted by Gasteiger charge is 2.09. The van der Waals surface area contributed by atoms with Crippen LogP contribution in [-0.2, 0) is 16.6 Å². The second kappa shape index (κ2) is 6.26. The van der Waals surface area contributed by atoms with Gasteiger partial charge in [0.1, 0.15) is 5.75 Å². The van der Waals surface area contributed by atoms with Crippen LogP contribution in [0.15, 0.2) is 53.4 Å². The molecule has 2 aromatic rings. The number of nitrogens with one attached hydrogen (secondary N) is 1. The fourth-order valence-electron chi connectivity index (χ4n) is 2.00. The highest BCUT2D eigenvalue weighted by molar-refractivity contribution is 7.89. The summed E-state index contributed by atoms with van der Waals surface area (Å²) in [4.78, 5) is 0.103. The standard InChI is InChI=1S/C15H18N2O3S/c1-11(17-10-12-3-2-4-14(18)9-12)13-5-7-15(8-6-13)21(16,19)20/h2-9,11,17-18H,10H2,1H3,(H2,16,19,20). The predicted molar refractivity (Wildman–Crippen MR) is 81.2 cm³/mol. The predicted octanol–water partition coefficient (Wildman–Crippen LogP) is 1.89. The molecule has 0 aliphatic heterocycles. The number of primary sulfonamides is 1. The molecule has 21 heavy (non-hydrogen) atoms. The van der Waals surface area contributed by atoms with Gasteiger partial charge in [0, 0.05) is 12.6 Å². The summed E-state index contributed by atoms with van der Waals surface area (Å²) < 4.78 is 22.4. The lowest BCUT2D eigenvalue weighted by Crippen LogP contribution is -2.18. The van der Waals surface area contributed by atoms with Gasteiger partial charge < -0.3 is 10.4 Å². The first-order valence-corrected chi connectivity index (χ1v) is 8.05. The summed E-state index contributed by atoms with van der Waals surface area (Å²) in [5.74, 6) is 0.236. The topological polar surface area (TPSA) is 92.4 Å². The van der Waals surface area contributed by atoms with E-state index in [0.29, 0.717) is 6.54 Å². The molecule has 0 saturated heterocycles. The molecule has 0 aromatic heterocycles. The molecule has 0 aliphatic rings. The van der Waals surface area contributed by atoms with Gasteiger partial charge in [-0.25, -0.2) is 13.6 Å². The first-order chi connectivity index (χ1) is 9.86. The number of phenolic OH excluding ortho intramolecular Hbond substituents is 1. The van der Waals surface area contributed by atoms with Gasteiger partial charge in [0.25, 0.3) is 0 Å². The number of sulfonamides is 1. The Morgan fingerprint density at radius 3 is 2.43 bits per heavy atom. The number of hydrogen-bond acceptors (Lipinski definition) is 4. The molecule has 6 heteroatoms. The fourth-order valence-corrected chi connectivity index (χ4v) is 2.52. The summed E-state index contributed by atoms with van der Waals surface area (Å²) in [6.07, 6.45) is 0. The lowest BCUT2D eigenvalue weighted by Gasteiger charge is -2.15. The summed E-state index contributed by atoms with van der Waals surface area (Å²) in [6, 6.07) is 13.5. The van der Waals surface area contributed by atoms with E-state index in [1.54, 1.807) is 30.3 Å². The van der Waals surface area contributed by atoms with E-state index in [4.69, 9.17) is 5.14 Å². The molecule has 0 heterocycles. The maximum Gasteiger partial charge on any atom is 0.238 e. The third-order valence-corrected chi connectivity index (χ3v) is 4.16. The van der Waals surface area contributed by atoms with E-state index < -0.39 is 10.0 Å². The Bertz CT molecular complexity index is 712. The fraction of sp³-hybridized carbons (Fsp3) is 0.200. The van der Waals surface area contributed by atoms with Crippen LogP contribution in [0.3, 0.4) is 0 Å². The quantitative estimate of drug-likeness (QED) is 0.786. The van der Waals surface area contributed by atoms with Gasteiger partial charge in [-0.05, 0) is 42.3 Å². The molecule has 1 atom stereocenters. The highest BCUT2D eigenvalue weighted by Crippen LogP contribution is 2.17. The Morgan fingerprint density at radius 1 is 1.19 bits per heavy atom. The van der Waals surface area contributed by atoms with E-state index in [-0.39, 0.29) is 16.7 Å². The van der Waals surface area contributed by atoms with Crippen LogP contribution < -0.4 is 10.5 Å². The first kappa shape index (κ1) is 15.5. The van der Waals surface area contributed by atoms with Crippen molar-refractivity contribution in [3.8, 4) is 5.75 Å². The molecule has 0 aliphatic carbocycles. The zero-order valence-electron chi connectivity index (χ0n) is 11.7. The SMILES string of the molecule is CC(NCc1cccc(O)c1)c1ccc(S(N)(=O)=O)cc1. The van der Waals surface area contributed by atoms with Gasteiger partial charge in [0.05, 0.1) is 4.90 Å². The minimum Gasteiger partial charge on any atom is -0.508 e. The zero-order chi connectivity index (χ0) is 15.5. The Morgan fingerprint density at radius 2 is 1.86 bits per heavy atom. The summed E-state index contributed by atoms with van der Waals surface area (Å²) in [5, 5.41) is 17.8. The molecule has 112 valence electrons. The van der Waals surface area contributed by atoms with Crippen LogP contribution in [0, 0.1) is 0 Å². The molecule has 2 rings (SSSR count). The third kappa shape index (κ3) is 4.29. The zero-order valence-corrected chi connectivity index (χ0v) is 12.5. The number of phenols is 1. The summed E-state index contributed by atoms with van der Waals surface area (Å²) in [5.41, 5.74) is 1.94. The lowest BCUT2D eigenvalue weighted by atomic mass is 10.1. The van der Waals surface area contributed by atoms with Gasteiger partial charge >= 0.3 is 0 Å². The molecular weight excluding hydrogens is 288 g/mol. The molecular formula is C15H18N2O3S. The van der Waals surface area contributed by atoms with Gasteiger partial charge in [-0.2, -0.15) is 0 Å². The van der Waals surface area contributed by atoms with E-state index in [9.17, 15) is 13.5 Å². The van der Waals surface area contributed by atoms with Crippen molar-refractivity contribution < 1.29 is 13.5 Å². The molecule has 0 saturated carbocycles. The van der Waals surface area contributed by atoms with E-state index in [1.807, 2.05) is 13.0 Å². The van der Waals surface area contributed by atoms with Crippen LogP contribution in [0.5, 0.6) is 5.75 Å². The maximum atomic E-state index is 11.2. The molecule has 1 unspecified atom stereocenters. The smallest absolute Gasteiger partial charge is 0.238 e. The Kier molecular flexibility index (Phi) is 4.62. The second-order valence-corrected chi connectivity index (χ2v) is 6.45. The maximum absolute atomic E-state index is 11.2. The van der Waals surface area contributed by atoms with Crippen molar-refractivity contribution in [3.05, 3.63) is 59.7 Å². The highest BCUT2D eigenvalue weighted by atomic mass is 32.2. The Hall–Kier alpha value is -1.89. The second-order valence-electron chi connectivity index (χ2n) is 4.89. The van der Waals surface area contributed by atoms with Gasteiger partial charge in [0.15, 0.2) is 0 Å². The minimum absolute atomic E-state index is 0.0434. The number of nitrogens with two attached hydrogens (primary N) is 1. The van der Waals surface area contributed by atoms with Crippen molar-refractivity contribution in [1.29, 1.82) is 0 Å². The summed E-state index contributed by atoms with van der Waals surface area (Å²) >= 11 is 0. The van der Waals surface area contributed by atoms with E-state index >= 15 is 0 Å². The van der Waals surface area contributed by atoms with Gasteiger partial charge in [0.2, 0.25) is 10.0 Å². The van der Waals surface area contributed by atoms with Crippen molar-refractivity contribution in [2.24, 2.45) is 5.14 Å². The number of rotatable bonds is 5. The lowest BCUT2D eigenvalue weighted by molar-refractivity contribution is 0.473. The van der Waals surface area contributed by atoms with E-state index in [0.717, 1.165) is 11.1 Å². The average Bonchev–Trinajstić information content (AvgIpc) is 2.44. The van der Waals surface area contributed by atoms with Crippen molar-refractivity contribution >= 4 is 10.0 Å². The number of aromatic hydroxyl groups is 1. The van der Waals surface area contributed by atoms with Crippen molar-refractivity contribution in [2.45, 2.75) is 24.4 Å². The van der Waals surface area contributed by atoms with Crippen molar-refractivity contribution in [3.63, 3.8) is 0 Å². The Labute approximate surface area is 124 Å². The van der Waals surface area contributed by atoms with Crippen LogP contribution in [0.25, 0.3) is 0 Å². The van der Waals surface area contributed by atoms with Crippen molar-refractivity contribution in [2.75, 3.05) is 0 Å². The summed E-state index contributed by atoms with van der Waals surface area (Å²) in [6.45, 7) is 2.58. The minimum atomic E-state index is -3.65. The largest absolute Gasteiger partial charge is 0.508 e. The molecule has 4 N–H and O–H groups in total. The molecule has 0 amide bonds. The normalized spacial score (nSPS) is 13.0. The molecule has 0 spiro atoms. The molecule has 0 bridgehead atoms. The van der Waals surface area contributed by atoms with Gasteiger partial charge in [-0.1, -0.05) is 24.3 Å². The number of hydrogen-bond donors (Lipinski definition) is 3. The summed E-state index contributed by atoms with van der Waals surface area (Å²) in [7, 11) is -3.65. The van der Waals surface area contributed by atoms with Crippen molar-refractivity contribution in [1.82, 2.24) is 5.32 Å². The van der Waals surface area contributed by atoms with E-state index in [1.165, 1.54) is 12.1 Å². The third-order valence-electron chi connectivity index (χ3n) is 3.23. The van der Waals surface area contributed by atoms with Crippen LogP contribution in [0.1, 0.15) is 24.1 Å². The monoisotopic (exact) mass is 306 g/mol. The molecule has 0 fully saturated rings. The van der Waals surface area contributed by atoms with Gasteiger partial charge in [-0.15, -0.1) is 0 Å². The van der Waals surface area contributed by atoms with Crippen LogP contribution in [0.2, 0.25) is 0 Å². The number of benzene rings is 2. The van der Waals surface area contributed by atoms with E-state index in [2.05, 4.69) is 5.32 Å². The molecule has 5 nitrogen and oxygen atoms in total. The van der Waals surface area contributed by atoms with Crippen LogP contribution >= 0.6 is 0 Å². The Balaban J connectivity index is 2.02.